The molecule has 0 aliphatic rings. The Morgan fingerprint density at radius 3 is 0.826 bits per heavy atom. The SMILES string of the molecule is CCCCCCCCCCCCCC(=O)O[C@H](COC(=O)CCCCCCC)COP(=O)(O)OC[C@H](O)COP(=O)(O)OC[C@@H](COC(=O)CCCCCCCCCCCCCCCCC(C)CC)OC(=O)CCCCCCCCCCCCCCCCCC(C)C. The number of ether oxygens (including phenoxy) is 4. The molecule has 0 fully saturated rings. The average Bonchev–Trinajstić information content (AvgIpc) is 1.94. The van der Waals surface area contributed by atoms with Gasteiger partial charge in [-0.15, -0.1) is 0 Å². The summed E-state index contributed by atoms with van der Waals surface area (Å²) >= 11 is 0. The van der Waals surface area contributed by atoms with Crippen LogP contribution in [0.25, 0.3) is 0 Å². The van der Waals surface area contributed by atoms with E-state index in [1.54, 1.807) is 0 Å². The average molecular weight is 1350 g/mol. The van der Waals surface area contributed by atoms with Crippen LogP contribution in [0.5, 0.6) is 0 Å². The van der Waals surface area contributed by atoms with Crippen molar-refractivity contribution in [3.63, 3.8) is 0 Å². The molecule has 3 N–H and O–H groups in total. The summed E-state index contributed by atoms with van der Waals surface area (Å²) < 4.78 is 68.2. The highest BCUT2D eigenvalue weighted by atomic mass is 31.2. The van der Waals surface area contributed by atoms with Crippen molar-refractivity contribution in [2.24, 2.45) is 11.8 Å². The molecular weight excluding hydrogens is 1210 g/mol. The Labute approximate surface area is 562 Å². The lowest BCUT2D eigenvalue weighted by molar-refractivity contribution is -0.161. The summed E-state index contributed by atoms with van der Waals surface area (Å²) in [6.07, 6.45) is 51.7. The van der Waals surface area contributed by atoms with Gasteiger partial charge in [-0.1, -0.05) is 324 Å². The molecule has 0 saturated heterocycles. The number of hydrogen-bond acceptors (Lipinski definition) is 15. The van der Waals surface area contributed by atoms with E-state index in [1.165, 1.54) is 186 Å². The Bertz CT molecular complexity index is 1790. The highest BCUT2D eigenvalue weighted by Gasteiger charge is 2.30. The molecule has 3 unspecified atom stereocenters. The van der Waals surface area contributed by atoms with Crippen molar-refractivity contribution in [1.29, 1.82) is 0 Å². The normalized spacial score (nSPS) is 14.4. The molecule has 19 heteroatoms. The first-order valence-electron chi connectivity index (χ1n) is 38.0. The Hall–Kier alpha value is -1.94. The summed E-state index contributed by atoms with van der Waals surface area (Å²) in [6.45, 7) is 9.56. The second kappa shape index (κ2) is 65.0. The molecule has 0 spiro atoms. The number of aliphatic hydroxyl groups is 1. The van der Waals surface area contributed by atoms with Crippen LogP contribution in [-0.4, -0.2) is 96.7 Å². The summed E-state index contributed by atoms with van der Waals surface area (Å²) in [6, 6.07) is 0. The van der Waals surface area contributed by atoms with Crippen molar-refractivity contribution < 1.29 is 80.2 Å². The number of esters is 4. The Balaban J connectivity index is 5.14. The van der Waals surface area contributed by atoms with Gasteiger partial charge in [0.25, 0.3) is 0 Å². The van der Waals surface area contributed by atoms with E-state index in [9.17, 15) is 43.2 Å². The van der Waals surface area contributed by atoms with Crippen LogP contribution in [0.3, 0.4) is 0 Å². The van der Waals surface area contributed by atoms with Crippen LogP contribution in [0.15, 0.2) is 0 Å². The van der Waals surface area contributed by atoms with E-state index in [1.807, 2.05) is 0 Å². The number of rotatable bonds is 72. The standard InChI is InChI=1S/C73H142O17P2/c1-7-10-12-14-15-16-26-34-39-45-51-57-72(77)89-68(61-83-70(75)55-49-41-13-11-8-2)63-87-91(79,80)85-59-67(74)60-86-92(81,82)88-64-69(90-73(78)58-52-46-40-35-30-25-19-17-18-22-27-31-36-42-47-53-65(4)5)62-84-71(76)56-50-44-38-33-29-24-21-20-23-28-32-37-43-48-54-66(6)9-3/h65-69,74H,7-64H2,1-6H3,(H,79,80)(H,81,82)/t66?,67-,68+,69+/m0/s1. The molecule has 0 bridgehead atoms. The second-order valence-electron chi connectivity index (χ2n) is 27.1. The highest BCUT2D eigenvalue weighted by molar-refractivity contribution is 7.47. The minimum absolute atomic E-state index is 0.106. The van der Waals surface area contributed by atoms with E-state index in [-0.39, 0.29) is 25.7 Å². The van der Waals surface area contributed by atoms with Gasteiger partial charge in [0.1, 0.15) is 19.3 Å². The van der Waals surface area contributed by atoms with Crippen molar-refractivity contribution in [2.75, 3.05) is 39.6 Å². The highest BCUT2D eigenvalue weighted by Crippen LogP contribution is 2.45. The lowest BCUT2D eigenvalue weighted by Crippen LogP contribution is -2.30. The molecule has 92 heavy (non-hydrogen) atoms. The van der Waals surface area contributed by atoms with Gasteiger partial charge in [-0.05, 0) is 37.5 Å². The van der Waals surface area contributed by atoms with Crippen LogP contribution >= 0.6 is 15.6 Å². The van der Waals surface area contributed by atoms with Crippen LogP contribution in [0.1, 0.15) is 375 Å². The molecule has 0 aromatic heterocycles. The van der Waals surface area contributed by atoms with E-state index in [0.717, 1.165) is 108 Å². The van der Waals surface area contributed by atoms with Crippen molar-refractivity contribution in [3.8, 4) is 0 Å². The van der Waals surface area contributed by atoms with Crippen molar-refractivity contribution in [1.82, 2.24) is 0 Å². The number of carbonyl (C=O) groups is 4. The third-order valence-corrected chi connectivity index (χ3v) is 19.2. The smallest absolute Gasteiger partial charge is 0.462 e. The summed E-state index contributed by atoms with van der Waals surface area (Å²) in [5.41, 5.74) is 0. The zero-order valence-corrected chi connectivity index (χ0v) is 61.6. The maximum absolute atomic E-state index is 13.1. The van der Waals surface area contributed by atoms with E-state index < -0.39 is 97.5 Å². The maximum atomic E-state index is 13.1. The van der Waals surface area contributed by atoms with Gasteiger partial charge in [0.15, 0.2) is 12.2 Å². The first-order chi connectivity index (χ1) is 44.4. The molecule has 0 aliphatic heterocycles. The zero-order chi connectivity index (χ0) is 67.9. The summed E-state index contributed by atoms with van der Waals surface area (Å²) in [4.78, 5) is 72.4. The van der Waals surface area contributed by atoms with Crippen molar-refractivity contribution >= 4 is 39.5 Å². The Kier molecular flexibility index (Phi) is 63.7. The van der Waals surface area contributed by atoms with Crippen LogP contribution in [0.4, 0.5) is 0 Å². The van der Waals surface area contributed by atoms with Crippen LogP contribution in [-0.2, 0) is 65.4 Å². The molecule has 0 rings (SSSR count). The number of phosphoric acid groups is 2. The molecule has 17 nitrogen and oxygen atoms in total. The van der Waals surface area contributed by atoms with Gasteiger partial charge in [-0.2, -0.15) is 0 Å². The van der Waals surface area contributed by atoms with Crippen LogP contribution in [0, 0.1) is 11.8 Å². The fourth-order valence-electron chi connectivity index (χ4n) is 11.1. The number of phosphoric ester groups is 2. The van der Waals surface area contributed by atoms with Gasteiger partial charge >= 0.3 is 39.5 Å². The largest absolute Gasteiger partial charge is 0.472 e. The number of hydrogen-bond donors (Lipinski definition) is 3. The lowest BCUT2D eigenvalue weighted by Gasteiger charge is -2.21. The molecule has 0 amide bonds. The lowest BCUT2D eigenvalue weighted by atomic mass is 9.99. The molecule has 0 heterocycles. The fourth-order valence-corrected chi connectivity index (χ4v) is 12.7. The van der Waals surface area contributed by atoms with Gasteiger partial charge in [0.2, 0.25) is 0 Å². The van der Waals surface area contributed by atoms with Crippen molar-refractivity contribution in [2.45, 2.75) is 394 Å². The summed E-state index contributed by atoms with van der Waals surface area (Å²) in [7, 11) is -9.89. The van der Waals surface area contributed by atoms with E-state index in [0.29, 0.717) is 25.7 Å². The molecular formula is C73H142O17P2. The molecule has 0 aromatic carbocycles. The fraction of sp³-hybridized carbons (Fsp3) is 0.945. The molecule has 6 atom stereocenters. The number of aliphatic hydroxyl groups excluding tert-OH is 1. The van der Waals surface area contributed by atoms with E-state index in [2.05, 4.69) is 41.5 Å². The molecule has 0 aromatic rings. The first-order valence-corrected chi connectivity index (χ1v) is 41.0. The third kappa shape index (κ3) is 65.4. The third-order valence-electron chi connectivity index (χ3n) is 17.3. The molecule has 0 aliphatic carbocycles. The van der Waals surface area contributed by atoms with Gasteiger partial charge in [0, 0.05) is 25.7 Å². The maximum Gasteiger partial charge on any atom is 0.472 e. The van der Waals surface area contributed by atoms with Gasteiger partial charge in [-0.3, -0.25) is 37.3 Å². The summed E-state index contributed by atoms with van der Waals surface area (Å²) in [5, 5.41) is 10.6. The molecule has 0 radical (unpaired) electrons. The zero-order valence-electron chi connectivity index (χ0n) is 59.9. The monoisotopic (exact) mass is 1350 g/mol. The quantitative estimate of drug-likeness (QED) is 0.0222. The minimum atomic E-state index is -4.95. The van der Waals surface area contributed by atoms with Gasteiger partial charge in [-0.25, -0.2) is 9.13 Å². The van der Waals surface area contributed by atoms with Gasteiger partial charge < -0.3 is 33.8 Å². The first kappa shape index (κ1) is 90.1. The van der Waals surface area contributed by atoms with Gasteiger partial charge in [0.05, 0.1) is 26.4 Å². The number of carbonyl (C=O) groups excluding carboxylic acids is 4. The topological polar surface area (TPSA) is 237 Å². The predicted molar refractivity (Wildman–Crippen MR) is 372 cm³/mol. The van der Waals surface area contributed by atoms with Crippen molar-refractivity contribution in [3.05, 3.63) is 0 Å². The van der Waals surface area contributed by atoms with Crippen LogP contribution in [0.2, 0.25) is 0 Å². The minimum Gasteiger partial charge on any atom is -0.462 e. The predicted octanol–water partition coefficient (Wildman–Crippen LogP) is 21.2. The Morgan fingerprint density at radius 2 is 0.554 bits per heavy atom. The molecule has 0 saturated carbocycles. The number of unbranched alkanes of at least 4 members (excludes halogenated alkanes) is 41. The van der Waals surface area contributed by atoms with E-state index in [4.69, 9.17) is 37.0 Å². The van der Waals surface area contributed by atoms with Crippen LogP contribution < -0.4 is 0 Å². The molecule has 546 valence electrons. The second-order valence-corrected chi connectivity index (χ2v) is 30.0. The summed E-state index contributed by atoms with van der Waals surface area (Å²) in [5.74, 6) is -0.478. The van der Waals surface area contributed by atoms with E-state index >= 15 is 0 Å². The Morgan fingerprint density at radius 1 is 0.315 bits per heavy atom.